The second-order valence-corrected chi connectivity index (χ2v) is 4.84. The van der Waals surface area contributed by atoms with E-state index in [-0.39, 0.29) is 11.9 Å². The van der Waals surface area contributed by atoms with Crippen molar-refractivity contribution < 1.29 is 9.53 Å². The van der Waals surface area contributed by atoms with Crippen LogP contribution in [-0.2, 0) is 23.0 Å². The second kappa shape index (κ2) is 6.13. The lowest BCUT2D eigenvalue weighted by Crippen LogP contribution is -2.54. The smallest absolute Gasteiger partial charge is 0.245 e. The van der Waals surface area contributed by atoms with E-state index < -0.39 is 0 Å². The highest BCUT2D eigenvalue weighted by molar-refractivity contribution is 5.86. The van der Waals surface area contributed by atoms with Crippen LogP contribution in [-0.4, -0.2) is 48.0 Å². The summed E-state index contributed by atoms with van der Waals surface area (Å²) >= 11 is 0. The third-order valence-electron chi connectivity index (χ3n) is 3.52. The van der Waals surface area contributed by atoms with E-state index in [1.54, 1.807) is 4.68 Å². The van der Waals surface area contributed by atoms with E-state index in [1.165, 1.54) is 0 Å². The Hall–Kier alpha value is -1.76. The number of hydrogen-bond acceptors (Lipinski definition) is 5. The molecule has 1 aromatic rings. The van der Waals surface area contributed by atoms with Gasteiger partial charge in [-0.15, -0.1) is 0 Å². The molecular formula is C13H23N5O2. The molecule has 1 aromatic heterocycles. The summed E-state index contributed by atoms with van der Waals surface area (Å²) in [6, 6.07) is -0.355. The summed E-state index contributed by atoms with van der Waals surface area (Å²) in [6.45, 7) is 6.11. The minimum absolute atomic E-state index is 0.0363. The zero-order valence-electron chi connectivity index (χ0n) is 12.3. The first-order valence-corrected chi connectivity index (χ1v) is 7.03. The summed E-state index contributed by atoms with van der Waals surface area (Å²) in [7, 11) is 1.86. The number of anilines is 2. The van der Waals surface area contributed by atoms with Crippen molar-refractivity contribution in [3.63, 3.8) is 0 Å². The van der Waals surface area contributed by atoms with Gasteiger partial charge in [-0.1, -0.05) is 6.92 Å². The fraction of sp³-hybridized carbons (Fsp3) is 0.692. The number of amides is 1. The molecule has 0 aromatic carbocycles. The minimum Gasteiger partial charge on any atom is -0.394 e. The van der Waals surface area contributed by atoms with Crippen molar-refractivity contribution in [2.24, 2.45) is 7.05 Å². The molecule has 7 nitrogen and oxygen atoms in total. The topological polar surface area (TPSA) is 85.4 Å². The van der Waals surface area contributed by atoms with E-state index in [4.69, 9.17) is 10.5 Å². The van der Waals surface area contributed by atoms with Crippen LogP contribution in [0.5, 0.6) is 0 Å². The van der Waals surface area contributed by atoms with Gasteiger partial charge in [-0.25, -0.2) is 0 Å². The van der Waals surface area contributed by atoms with Crippen molar-refractivity contribution in [1.82, 2.24) is 15.1 Å². The minimum atomic E-state index is -0.355. The number of nitrogens with two attached hydrogens (primary N) is 1. The summed E-state index contributed by atoms with van der Waals surface area (Å²) in [6.07, 6.45) is 0.774. The molecule has 0 spiro atoms. The lowest BCUT2D eigenvalue weighted by molar-refractivity contribution is -0.124. The first-order chi connectivity index (χ1) is 9.60. The Labute approximate surface area is 119 Å². The number of likely N-dealkylation sites (N-methyl/N-ethyl adjacent to an activating group) is 1. The van der Waals surface area contributed by atoms with Crippen molar-refractivity contribution in [3.05, 3.63) is 5.69 Å². The van der Waals surface area contributed by atoms with Crippen LogP contribution >= 0.6 is 0 Å². The van der Waals surface area contributed by atoms with E-state index in [9.17, 15) is 4.79 Å². The molecule has 1 atom stereocenters. The normalized spacial score (nSPS) is 19.1. The summed E-state index contributed by atoms with van der Waals surface area (Å²) in [5.41, 5.74) is 7.71. The van der Waals surface area contributed by atoms with Gasteiger partial charge in [-0.3, -0.25) is 9.48 Å². The molecule has 0 bridgehead atoms. The molecule has 0 aliphatic carbocycles. The fourth-order valence-corrected chi connectivity index (χ4v) is 2.55. The molecule has 1 unspecified atom stereocenters. The number of hydrogen-bond donors (Lipinski definition) is 2. The van der Waals surface area contributed by atoms with Crippen molar-refractivity contribution in [2.75, 3.05) is 36.9 Å². The summed E-state index contributed by atoms with van der Waals surface area (Å²) in [5.74, 6) is 0.771. The van der Waals surface area contributed by atoms with Gasteiger partial charge in [0.25, 0.3) is 0 Å². The highest BCUT2D eigenvalue weighted by atomic mass is 16.5. The highest BCUT2D eigenvalue weighted by Crippen LogP contribution is 2.29. The van der Waals surface area contributed by atoms with E-state index in [2.05, 4.69) is 10.4 Å². The van der Waals surface area contributed by atoms with Crippen molar-refractivity contribution >= 4 is 17.4 Å². The predicted octanol–water partition coefficient (Wildman–Crippen LogP) is -0.0940. The van der Waals surface area contributed by atoms with Gasteiger partial charge < -0.3 is 20.7 Å². The third-order valence-corrected chi connectivity index (χ3v) is 3.52. The molecule has 0 saturated carbocycles. The maximum absolute atomic E-state index is 12.2. The van der Waals surface area contributed by atoms with E-state index >= 15 is 0 Å². The standard InChI is InChI=1S/C13H23N5O2/c1-4-9-11(14)13(17(3)16-9)18-6-7-20-8-10(18)12(19)15-5-2/h10H,4-8,14H2,1-3H3,(H,15,19). The van der Waals surface area contributed by atoms with Crippen LogP contribution in [0.1, 0.15) is 19.5 Å². The van der Waals surface area contributed by atoms with Crippen molar-refractivity contribution in [2.45, 2.75) is 26.3 Å². The Morgan fingerprint density at radius 1 is 1.55 bits per heavy atom. The van der Waals surface area contributed by atoms with Crippen molar-refractivity contribution in [1.29, 1.82) is 0 Å². The largest absolute Gasteiger partial charge is 0.394 e. The van der Waals surface area contributed by atoms with Gasteiger partial charge in [0.05, 0.1) is 24.6 Å². The number of nitrogens with zero attached hydrogens (tertiary/aromatic N) is 3. The number of morpholine rings is 1. The predicted molar refractivity (Wildman–Crippen MR) is 77.6 cm³/mol. The van der Waals surface area contributed by atoms with E-state index in [0.29, 0.717) is 32.0 Å². The molecule has 7 heteroatoms. The average molecular weight is 281 g/mol. The zero-order valence-corrected chi connectivity index (χ0v) is 12.3. The van der Waals surface area contributed by atoms with E-state index in [1.807, 2.05) is 25.8 Å². The number of ether oxygens (including phenoxy) is 1. The number of carbonyl (C=O) groups excluding carboxylic acids is 1. The van der Waals surface area contributed by atoms with Gasteiger partial charge in [0.1, 0.15) is 6.04 Å². The van der Waals surface area contributed by atoms with Crippen LogP contribution in [0, 0.1) is 0 Å². The molecule has 1 aliphatic heterocycles. The molecular weight excluding hydrogens is 258 g/mol. The number of nitrogen functional groups attached to an aromatic ring is 1. The molecule has 1 aliphatic rings. The van der Waals surface area contributed by atoms with Crippen LogP contribution in [0.4, 0.5) is 11.5 Å². The maximum atomic E-state index is 12.2. The SMILES string of the molecule is CCNC(=O)C1COCCN1c1c(N)c(CC)nn1C. The fourth-order valence-electron chi connectivity index (χ4n) is 2.55. The molecule has 2 rings (SSSR count). The number of nitrogens with one attached hydrogen (secondary N) is 1. The number of aryl methyl sites for hydroxylation is 2. The summed E-state index contributed by atoms with van der Waals surface area (Å²) < 4.78 is 7.20. The lowest BCUT2D eigenvalue weighted by Gasteiger charge is -2.36. The number of aromatic nitrogens is 2. The zero-order chi connectivity index (χ0) is 14.7. The average Bonchev–Trinajstić information content (AvgIpc) is 2.73. The molecule has 1 amide bonds. The number of carbonyl (C=O) groups is 1. The Bertz CT molecular complexity index is 485. The second-order valence-electron chi connectivity index (χ2n) is 4.84. The maximum Gasteiger partial charge on any atom is 0.245 e. The molecule has 112 valence electrons. The number of rotatable bonds is 4. The molecule has 0 radical (unpaired) electrons. The van der Waals surface area contributed by atoms with Crippen LogP contribution in [0.25, 0.3) is 0 Å². The highest BCUT2D eigenvalue weighted by Gasteiger charge is 2.32. The Balaban J connectivity index is 2.32. The summed E-state index contributed by atoms with van der Waals surface area (Å²) in [4.78, 5) is 14.2. The molecule has 1 saturated heterocycles. The Morgan fingerprint density at radius 2 is 2.30 bits per heavy atom. The van der Waals surface area contributed by atoms with E-state index in [0.717, 1.165) is 17.9 Å². The van der Waals surface area contributed by atoms with Gasteiger partial charge in [-0.2, -0.15) is 5.10 Å². The van der Waals surface area contributed by atoms with Gasteiger partial charge in [0.2, 0.25) is 5.91 Å². The Kier molecular flexibility index (Phi) is 4.49. The Morgan fingerprint density at radius 3 is 2.90 bits per heavy atom. The summed E-state index contributed by atoms with van der Waals surface area (Å²) in [5, 5.41) is 7.26. The molecule has 1 fully saturated rings. The first kappa shape index (κ1) is 14.6. The molecule has 20 heavy (non-hydrogen) atoms. The van der Waals surface area contributed by atoms with Gasteiger partial charge >= 0.3 is 0 Å². The van der Waals surface area contributed by atoms with Crippen molar-refractivity contribution in [3.8, 4) is 0 Å². The van der Waals surface area contributed by atoms with Crippen LogP contribution < -0.4 is 16.0 Å². The van der Waals surface area contributed by atoms with Gasteiger partial charge in [-0.05, 0) is 13.3 Å². The van der Waals surface area contributed by atoms with Crippen LogP contribution in [0.2, 0.25) is 0 Å². The quantitative estimate of drug-likeness (QED) is 0.805. The van der Waals surface area contributed by atoms with Gasteiger partial charge in [0.15, 0.2) is 5.82 Å². The third kappa shape index (κ3) is 2.58. The monoisotopic (exact) mass is 281 g/mol. The first-order valence-electron chi connectivity index (χ1n) is 7.03. The van der Waals surface area contributed by atoms with Crippen LogP contribution in [0.3, 0.4) is 0 Å². The van der Waals surface area contributed by atoms with Gasteiger partial charge in [0, 0.05) is 20.1 Å². The molecule has 2 heterocycles. The molecule has 3 N–H and O–H groups in total. The van der Waals surface area contributed by atoms with Crippen LogP contribution in [0.15, 0.2) is 0 Å². The lowest BCUT2D eigenvalue weighted by atomic mass is 10.2.